The van der Waals surface area contributed by atoms with E-state index in [9.17, 15) is 0 Å². The van der Waals surface area contributed by atoms with Crippen molar-refractivity contribution in [2.75, 3.05) is 6.61 Å². The summed E-state index contributed by atoms with van der Waals surface area (Å²) in [7, 11) is 0. The van der Waals surface area contributed by atoms with E-state index in [1.165, 1.54) is 38.5 Å². The van der Waals surface area contributed by atoms with Gasteiger partial charge in [-0.15, -0.1) is 0 Å². The number of rotatable bonds is 9. The SMILES string of the molecule is C/C=C/C=C/CCCCCCCC1=NC(C)(C)CO1. The van der Waals surface area contributed by atoms with E-state index in [-0.39, 0.29) is 5.54 Å². The van der Waals surface area contributed by atoms with Crippen molar-refractivity contribution >= 4 is 5.90 Å². The normalized spacial score (nSPS) is 18.2. The molecule has 0 bridgehead atoms. The predicted octanol–water partition coefficient (Wildman–Crippen LogP) is 5.06. The maximum Gasteiger partial charge on any atom is 0.183 e. The fourth-order valence-corrected chi connectivity index (χ4v) is 2.14. The van der Waals surface area contributed by atoms with Gasteiger partial charge in [-0.25, -0.2) is 4.99 Å². The van der Waals surface area contributed by atoms with Crippen LogP contribution in [0.1, 0.15) is 65.7 Å². The lowest BCUT2D eigenvalue weighted by molar-refractivity contribution is 0.273. The minimum atomic E-state index is 0.00854. The first kappa shape index (κ1) is 16.0. The summed E-state index contributed by atoms with van der Waals surface area (Å²) in [5.41, 5.74) is 0.00854. The number of hydrogen-bond acceptors (Lipinski definition) is 2. The smallest absolute Gasteiger partial charge is 0.183 e. The second-order valence-corrected chi connectivity index (χ2v) is 5.87. The van der Waals surface area contributed by atoms with Gasteiger partial charge in [0.1, 0.15) is 6.61 Å². The number of unbranched alkanes of at least 4 members (excludes halogenated alkanes) is 5. The maximum absolute atomic E-state index is 5.59. The van der Waals surface area contributed by atoms with Crippen LogP contribution in [-0.4, -0.2) is 18.0 Å². The second kappa shape index (κ2) is 8.95. The van der Waals surface area contributed by atoms with Crippen molar-refractivity contribution in [3.8, 4) is 0 Å². The maximum atomic E-state index is 5.59. The third-order valence-corrected chi connectivity index (χ3v) is 3.22. The monoisotopic (exact) mass is 263 g/mol. The predicted molar refractivity (Wildman–Crippen MR) is 83.7 cm³/mol. The summed E-state index contributed by atoms with van der Waals surface area (Å²) in [6, 6.07) is 0. The van der Waals surface area contributed by atoms with Gasteiger partial charge in [-0.2, -0.15) is 0 Å². The second-order valence-electron chi connectivity index (χ2n) is 5.87. The van der Waals surface area contributed by atoms with Crippen LogP contribution in [0.15, 0.2) is 29.3 Å². The van der Waals surface area contributed by atoms with Gasteiger partial charge in [-0.3, -0.25) is 0 Å². The number of hydrogen-bond donors (Lipinski definition) is 0. The Hall–Kier alpha value is -1.05. The van der Waals surface area contributed by atoms with E-state index in [1.807, 2.05) is 6.92 Å². The lowest BCUT2D eigenvalue weighted by Gasteiger charge is -2.07. The van der Waals surface area contributed by atoms with Gasteiger partial charge in [0.15, 0.2) is 5.90 Å². The first-order chi connectivity index (χ1) is 9.14. The number of nitrogens with zero attached hydrogens (tertiary/aromatic N) is 1. The van der Waals surface area contributed by atoms with Crippen LogP contribution in [0.2, 0.25) is 0 Å². The summed E-state index contributed by atoms with van der Waals surface area (Å²) >= 11 is 0. The van der Waals surface area contributed by atoms with Gasteiger partial charge >= 0.3 is 0 Å². The molecule has 0 N–H and O–H groups in total. The van der Waals surface area contributed by atoms with E-state index in [2.05, 4.69) is 43.1 Å². The molecule has 2 nitrogen and oxygen atoms in total. The first-order valence-corrected chi connectivity index (χ1v) is 7.63. The number of allylic oxidation sites excluding steroid dienone is 4. The van der Waals surface area contributed by atoms with Crippen LogP contribution in [0.4, 0.5) is 0 Å². The minimum absolute atomic E-state index is 0.00854. The molecular weight excluding hydrogens is 234 g/mol. The number of aliphatic imine (C=N–C) groups is 1. The Bertz CT molecular complexity index is 326. The zero-order valence-electron chi connectivity index (χ0n) is 12.8. The third-order valence-electron chi connectivity index (χ3n) is 3.22. The van der Waals surface area contributed by atoms with E-state index >= 15 is 0 Å². The Labute approximate surface area is 118 Å². The summed E-state index contributed by atoms with van der Waals surface area (Å²) in [6.45, 7) is 7.05. The van der Waals surface area contributed by atoms with Gasteiger partial charge in [0.2, 0.25) is 0 Å². The molecular formula is C17H29NO. The fraction of sp³-hybridized carbons (Fsp3) is 0.706. The topological polar surface area (TPSA) is 21.6 Å². The molecule has 0 spiro atoms. The Morgan fingerprint density at radius 3 is 2.53 bits per heavy atom. The zero-order valence-corrected chi connectivity index (χ0v) is 12.8. The van der Waals surface area contributed by atoms with Crippen molar-refractivity contribution in [3.63, 3.8) is 0 Å². The van der Waals surface area contributed by atoms with Crippen LogP contribution in [0.5, 0.6) is 0 Å². The van der Waals surface area contributed by atoms with Crippen molar-refractivity contribution in [1.29, 1.82) is 0 Å². The molecule has 0 saturated heterocycles. The molecule has 1 rings (SSSR count). The van der Waals surface area contributed by atoms with Gasteiger partial charge in [0, 0.05) is 6.42 Å². The average Bonchev–Trinajstić information content (AvgIpc) is 2.71. The van der Waals surface area contributed by atoms with Crippen molar-refractivity contribution in [1.82, 2.24) is 0 Å². The Balaban J connectivity index is 1.92. The molecule has 0 saturated carbocycles. The van der Waals surface area contributed by atoms with Crippen molar-refractivity contribution in [3.05, 3.63) is 24.3 Å². The highest BCUT2D eigenvalue weighted by molar-refractivity contribution is 5.78. The Kier molecular flexibility index (Phi) is 7.54. The van der Waals surface area contributed by atoms with Crippen molar-refractivity contribution in [2.45, 2.75) is 71.3 Å². The van der Waals surface area contributed by atoms with Crippen molar-refractivity contribution in [2.24, 2.45) is 4.99 Å². The van der Waals surface area contributed by atoms with Crippen LogP contribution in [0.3, 0.4) is 0 Å². The molecule has 0 aliphatic carbocycles. The molecule has 1 aliphatic rings. The van der Waals surface area contributed by atoms with Crippen LogP contribution >= 0.6 is 0 Å². The molecule has 2 heteroatoms. The van der Waals surface area contributed by atoms with Crippen LogP contribution < -0.4 is 0 Å². The molecule has 0 fully saturated rings. The molecule has 0 aromatic rings. The highest BCUT2D eigenvalue weighted by atomic mass is 16.5. The molecule has 1 heterocycles. The van der Waals surface area contributed by atoms with Crippen LogP contribution in [0, 0.1) is 0 Å². The molecule has 0 radical (unpaired) electrons. The molecule has 0 aromatic carbocycles. The lowest BCUT2D eigenvalue weighted by Crippen LogP contribution is -2.17. The van der Waals surface area contributed by atoms with Crippen molar-refractivity contribution < 1.29 is 4.74 Å². The molecule has 0 unspecified atom stereocenters. The third kappa shape index (κ3) is 7.86. The lowest BCUT2D eigenvalue weighted by atomic mass is 10.1. The summed E-state index contributed by atoms with van der Waals surface area (Å²) in [5.74, 6) is 0.972. The standard InChI is InChI=1S/C17H29NO/c1-4-5-6-7-8-9-10-11-12-13-14-16-18-17(2,3)15-19-16/h4-7H,8-15H2,1-3H3/b5-4+,7-6+. The van der Waals surface area contributed by atoms with Gasteiger partial charge in [0.25, 0.3) is 0 Å². The Morgan fingerprint density at radius 1 is 1.11 bits per heavy atom. The van der Waals surface area contributed by atoms with Gasteiger partial charge < -0.3 is 4.74 Å². The number of ether oxygens (including phenoxy) is 1. The quantitative estimate of drug-likeness (QED) is 0.421. The van der Waals surface area contributed by atoms with Gasteiger partial charge in [-0.1, -0.05) is 43.6 Å². The summed E-state index contributed by atoms with van der Waals surface area (Å²) < 4.78 is 5.59. The highest BCUT2D eigenvalue weighted by Crippen LogP contribution is 2.19. The van der Waals surface area contributed by atoms with E-state index in [0.717, 1.165) is 18.9 Å². The molecule has 0 atom stereocenters. The summed E-state index contributed by atoms with van der Waals surface area (Å²) in [6.07, 6.45) is 17.2. The van der Waals surface area contributed by atoms with E-state index in [0.29, 0.717) is 0 Å². The van der Waals surface area contributed by atoms with E-state index in [4.69, 9.17) is 4.74 Å². The molecule has 108 valence electrons. The minimum Gasteiger partial charge on any atom is -0.478 e. The molecule has 0 aromatic heterocycles. The average molecular weight is 263 g/mol. The summed E-state index contributed by atoms with van der Waals surface area (Å²) in [5, 5.41) is 0. The van der Waals surface area contributed by atoms with E-state index in [1.54, 1.807) is 0 Å². The molecule has 1 aliphatic heterocycles. The Morgan fingerprint density at radius 2 is 1.84 bits per heavy atom. The highest BCUT2D eigenvalue weighted by Gasteiger charge is 2.25. The van der Waals surface area contributed by atoms with Gasteiger partial charge in [-0.05, 0) is 40.0 Å². The van der Waals surface area contributed by atoms with E-state index < -0.39 is 0 Å². The van der Waals surface area contributed by atoms with Crippen LogP contribution in [-0.2, 0) is 4.74 Å². The summed E-state index contributed by atoms with van der Waals surface area (Å²) in [4.78, 5) is 4.58. The van der Waals surface area contributed by atoms with Gasteiger partial charge in [0.05, 0.1) is 5.54 Å². The van der Waals surface area contributed by atoms with Crippen LogP contribution in [0.25, 0.3) is 0 Å². The largest absolute Gasteiger partial charge is 0.478 e. The fourth-order valence-electron chi connectivity index (χ4n) is 2.14. The zero-order chi connectivity index (χ0) is 14.0. The molecule has 19 heavy (non-hydrogen) atoms. The first-order valence-electron chi connectivity index (χ1n) is 7.63. The molecule has 0 amide bonds.